The summed E-state index contributed by atoms with van der Waals surface area (Å²) in [6.07, 6.45) is 0. The first-order valence-corrected chi connectivity index (χ1v) is 16.9. The molecule has 0 amide bonds. The van der Waals surface area contributed by atoms with Crippen LogP contribution in [-0.2, 0) is 0 Å². The molecule has 42 heavy (non-hydrogen) atoms. The molecular weight excluding hydrogens is 589 g/mol. The van der Waals surface area contributed by atoms with Gasteiger partial charge in [-0.1, -0.05) is 144 Å². The van der Waals surface area contributed by atoms with Crippen LogP contribution in [0.3, 0.4) is 0 Å². The van der Waals surface area contributed by atoms with E-state index in [9.17, 15) is 4.79 Å². The van der Waals surface area contributed by atoms with Gasteiger partial charge < -0.3 is 0 Å². The van der Waals surface area contributed by atoms with E-state index in [1.807, 2.05) is 71.3 Å². The van der Waals surface area contributed by atoms with Gasteiger partial charge in [0.1, 0.15) is 0 Å². The van der Waals surface area contributed by atoms with Crippen LogP contribution in [0.5, 0.6) is 0 Å². The van der Waals surface area contributed by atoms with Crippen molar-refractivity contribution < 1.29 is 4.79 Å². The predicted octanol–water partition coefficient (Wildman–Crippen LogP) is 11.5. The lowest BCUT2D eigenvalue weighted by Gasteiger charge is -2.21. The van der Waals surface area contributed by atoms with E-state index in [2.05, 4.69) is 109 Å². The van der Waals surface area contributed by atoms with Crippen molar-refractivity contribution in [2.24, 2.45) is 0 Å². The number of carbonyl (C=O) groups excluding carboxylic acids is 1. The summed E-state index contributed by atoms with van der Waals surface area (Å²) in [5, 5.41) is 0. The monoisotopic (exact) mass is 610 g/mol. The van der Waals surface area contributed by atoms with Crippen LogP contribution in [-0.4, -0.2) is 5.78 Å². The Balaban J connectivity index is 1.04. The lowest BCUT2D eigenvalue weighted by molar-refractivity contribution is 0.103. The molecule has 0 spiro atoms. The highest BCUT2D eigenvalue weighted by Crippen LogP contribution is 2.52. The fourth-order valence-corrected chi connectivity index (χ4v) is 10.1. The second-order valence-corrected chi connectivity index (χ2v) is 14.3. The van der Waals surface area contributed by atoms with E-state index in [4.69, 9.17) is 0 Å². The highest BCUT2D eigenvalue weighted by Gasteiger charge is 2.22. The van der Waals surface area contributed by atoms with E-state index >= 15 is 0 Å². The molecule has 2 aliphatic rings. The van der Waals surface area contributed by atoms with Crippen molar-refractivity contribution in [1.82, 2.24) is 0 Å². The van der Waals surface area contributed by atoms with E-state index in [1.165, 1.54) is 50.3 Å². The second-order valence-electron chi connectivity index (χ2n) is 10.1. The summed E-state index contributed by atoms with van der Waals surface area (Å²) in [7, 11) is 0. The average molecular weight is 611 g/mol. The summed E-state index contributed by atoms with van der Waals surface area (Å²) in [6, 6.07) is 46.2. The third-order valence-electron chi connectivity index (χ3n) is 7.44. The maximum Gasteiger partial charge on any atom is 0.193 e. The van der Waals surface area contributed by atoms with Gasteiger partial charge >= 0.3 is 0 Å². The molecule has 200 valence electrons. The zero-order chi connectivity index (χ0) is 28.0. The SMILES string of the molecule is O=C(c1ccc(-c2cccc3c2Sc2ccccc2S3)cc1)c1ccc(-c2cccc3c2Sc2ccccc2S3)cc1. The van der Waals surface area contributed by atoms with Crippen LogP contribution in [0.1, 0.15) is 15.9 Å². The zero-order valence-corrected chi connectivity index (χ0v) is 25.5. The van der Waals surface area contributed by atoms with Crippen molar-refractivity contribution in [2.45, 2.75) is 39.2 Å². The smallest absolute Gasteiger partial charge is 0.193 e. The number of rotatable bonds is 4. The fourth-order valence-electron chi connectivity index (χ4n) is 5.32. The van der Waals surface area contributed by atoms with Crippen LogP contribution < -0.4 is 0 Å². The first-order valence-electron chi connectivity index (χ1n) is 13.6. The van der Waals surface area contributed by atoms with Crippen LogP contribution >= 0.6 is 47.0 Å². The molecule has 0 aliphatic carbocycles. The van der Waals surface area contributed by atoms with Crippen molar-refractivity contribution in [3.8, 4) is 22.3 Å². The number of hydrogen-bond donors (Lipinski definition) is 0. The number of fused-ring (bicyclic) bond motifs is 4. The molecule has 8 rings (SSSR count). The van der Waals surface area contributed by atoms with Gasteiger partial charge in [0.15, 0.2) is 5.78 Å². The van der Waals surface area contributed by atoms with Crippen molar-refractivity contribution >= 4 is 52.8 Å². The molecule has 0 aromatic heterocycles. The molecule has 6 aromatic rings. The minimum Gasteiger partial charge on any atom is -0.289 e. The molecule has 6 aromatic carbocycles. The molecule has 2 heterocycles. The average Bonchev–Trinajstić information content (AvgIpc) is 3.05. The van der Waals surface area contributed by atoms with E-state index in [0.717, 1.165) is 11.1 Å². The Morgan fingerprint density at radius 3 is 1.12 bits per heavy atom. The predicted molar refractivity (Wildman–Crippen MR) is 177 cm³/mol. The van der Waals surface area contributed by atoms with Gasteiger partial charge in [0.2, 0.25) is 0 Å². The minimum atomic E-state index is 0.0380. The molecule has 0 N–H and O–H groups in total. The van der Waals surface area contributed by atoms with Gasteiger partial charge in [0.25, 0.3) is 0 Å². The molecule has 0 atom stereocenters. The Labute approximate surface area is 262 Å². The Kier molecular flexibility index (Phi) is 6.76. The molecule has 0 saturated carbocycles. The Hall–Kier alpha value is -3.61. The maximum absolute atomic E-state index is 13.5. The van der Waals surface area contributed by atoms with E-state index in [1.54, 1.807) is 0 Å². The molecular formula is C37H22OS4. The topological polar surface area (TPSA) is 17.1 Å². The standard InChI is InChI=1S/C37H22OS4/c38-35(25-19-15-23(16-20-25)27-7-5-13-33-36(27)41-31-11-3-1-9-29(31)39-33)26-21-17-24(18-22-26)28-8-6-14-34-37(28)42-32-12-4-2-10-30(32)40-34/h1-22H. The highest BCUT2D eigenvalue weighted by atomic mass is 32.2. The molecule has 1 nitrogen and oxygen atoms in total. The first kappa shape index (κ1) is 26.1. The maximum atomic E-state index is 13.5. The summed E-state index contributed by atoms with van der Waals surface area (Å²) in [5.41, 5.74) is 6.04. The van der Waals surface area contributed by atoms with Gasteiger partial charge in [-0.15, -0.1) is 0 Å². The summed E-state index contributed by atoms with van der Waals surface area (Å²) in [5.74, 6) is 0.0380. The Morgan fingerprint density at radius 2 is 0.714 bits per heavy atom. The highest BCUT2D eigenvalue weighted by molar-refractivity contribution is 8.05. The van der Waals surface area contributed by atoms with Crippen LogP contribution in [0.25, 0.3) is 22.3 Å². The second kappa shape index (κ2) is 10.9. The normalized spacial score (nSPS) is 13.0. The third kappa shape index (κ3) is 4.71. The first-order chi connectivity index (χ1) is 20.7. The van der Waals surface area contributed by atoms with Crippen LogP contribution in [0, 0.1) is 0 Å². The van der Waals surface area contributed by atoms with E-state index in [-0.39, 0.29) is 5.78 Å². The van der Waals surface area contributed by atoms with Gasteiger partial charge in [-0.05, 0) is 58.7 Å². The van der Waals surface area contributed by atoms with E-state index in [0.29, 0.717) is 11.1 Å². The van der Waals surface area contributed by atoms with Gasteiger partial charge in [-0.2, -0.15) is 0 Å². The number of carbonyl (C=O) groups is 1. The number of ketones is 1. The van der Waals surface area contributed by atoms with Crippen LogP contribution in [0.4, 0.5) is 0 Å². The zero-order valence-electron chi connectivity index (χ0n) is 22.2. The molecule has 0 fully saturated rings. The molecule has 2 aliphatic heterocycles. The summed E-state index contributed by atoms with van der Waals surface area (Å²) < 4.78 is 0. The summed E-state index contributed by atoms with van der Waals surface area (Å²) in [4.78, 5) is 23.7. The van der Waals surface area contributed by atoms with Gasteiger partial charge in [-0.25, -0.2) is 0 Å². The van der Waals surface area contributed by atoms with E-state index < -0.39 is 0 Å². The molecule has 5 heteroatoms. The van der Waals surface area contributed by atoms with Gasteiger partial charge in [0.05, 0.1) is 0 Å². The van der Waals surface area contributed by atoms with Crippen molar-refractivity contribution in [2.75, 3.05) is 0 Å². The van der Waals surface area contributed by atoms with Gasteiger partial charge in [-0.3, -0.25) is 4.79 Å². The van der Waals surface area contributed by atoms with Crippen molar-refractivity contribution in [1.29, 1.82) is 0 Å². The molecule has 0 unspecified atom stereocenters. The summed E-state index contributed by atoms with van der Waals surface area (Å²) in [6.45, 7) is 0. The minimum absolute atomic E-state index is 0.0380. The van der Waals surface area contributed by atoms with Gasteiger partial charge in [0, 0.05) is 50.3 Å². The number of hydrogen-bond acceptors (Lipinski definition) is 5. The van der Waals surface area contributed by atoms with Crippen LogP contribution in [0.15, 0.2) is 173 Å². The lowest BCUT2D eigenvalue weighted by atomic mass is 9.97. The van der Waals surface area contributed by atoms with Crippen molar-refractivity contribution in [3.63, 3.8) is 0 Å². The molecule has 0 saturated heterocycles. The Morgan fingerprint density at radius 1 is 0.357 bits per heavy atom. The fraction of sp³-hybridized carbons (Fsp3) is 0. The lowest BCUT2D eigenvalue weighted by Crippen LogP contribution is -2.01. The molecule has 0 radical (unpaired) electrons. The Bertz CT molecular complexity index is 1850. The summed E-state index contributed by atoms with van der Waals surface area (Å²) >= 11 is 7.30. The van der Waals surface area contributed by atoms with Crippen molar-refractivity contribution in [3.05, 3.63) is 145 Å². The third-order valence-corrected chi connectivity index (χ3v) is 12.7. The largest absolute Gasteiger partial charge is 0.289 e. The number of benzene rings is 6. The molecule has 0 bridgehead atoms. The quantitative estimate of drug-likeness (QED) is 0.184. The van der Waals surface area contributed by atoms with Crippen LogP contribution in [0.2, 0.25) is 0 Å².